The van der Waals surface area contributed by atoms with Crippen molar-refractivity contribution >= 4 is 17.4 Å². The summed E-state index contributed by atoms with van der Waals surface area (Å²) in [7, 11) is 0. The second kappa shape index (κ2) is 6.86. The fourth-order valence-electron chi connectivity index (χ4n) is 1.92. The molecule has 0 aliphatic carbocycles. The van der Waals surface area contributed by atoms with Crippen molar-refractivity contribution in [2.24, 2.45) is 17.6 Å². The molecule has 0 bridgehead atoms. The third-order valence-corrected chi connectivity index (χ3v) is 3.16. The summed E-state index contributed by atoms with van der Waals surface area (Å²) in [5.74, 6) is -0.156. The molecule has 0 spiro atoms. The SMILES string of the molecule is CC(C)CC(CN)C(=O)Cc1ccc(Cl)c(F)c1. The van der Waals surface area contributed by atoms with Gasteiger partial charge in [-0.3, -0.25) is 4.79 Å². The van der Waals surface area contributed by atoms with E-state index in [-0.39, 0.29) is 23.1 Å². The molecule has 0 radical (unpaired) electrons. The van der Waals surface area contributed by atoms with Crippen LogP contribution in [0, 0.1) is 17.7 Å². The van der Waals surface area contributed by atoms with Gasteiger partial charge in [0.15, 0.2) is 0 Å². The van der Waals surface area contributed by atoms with Gasteiger partial charge in [0, 0.05) is 18.9 Å². The van der Waals surface area contributed by atoms with Crippen molar-refractivity contribution in [1.82, 2.24) is 0 Å². The molecule has 0 aliphatic rings. The lowest BCUT2D eigenvalue weighted by molar-refractivity contribution is -0.122. The van der Waals surface area contributed by atoms with Crippen molar-refractivity contribution in [3.05, 3.63) is 34.6 Å². The van der Waals surface area contributed by atoms with Crippen molar-refractivity contribution in [1.29, 1.82) is 0 Å². The van der Waals surface area contributed by atoms with E-state index in [1.807, 2.05) is 0 Å². The summed E-state index contributed by atoms with van der Waals surface area (Å²) in [6.45, 7) is 4.45. The number of rotatable bonds is 6. The summed E-state index contributed by atoms with van der Waals surface area (Å²) in [5, 5.41) is 0.0729. The highest BCUT2D eigenvalue weighted by molar-refractivity contribution is 6.30. The number of Topliss-reactive ketones (excluding diaryl/α,β-unsaturated/α-hetero) is 1. The van der Waals surface area contributed by atoms with Crippen molar-refractivity contribution in [3.8, 4) is 0 Å². The second-order valence-electron chi connectivity index (χ2n) is 4.95. The normalized spacial score (nSPS) is 12.8. The summed E-state index contributed by atoms with van der Waals surface area (Å²) in [6.07, 6.45) is 0.980. The highest BCUT2D eigenvalue weighted by Gasteiger charge is 2.18. The molecule has 100 valence electrons. The minimum Gasteiger partial charge on any atom is -0.330 e. The zero-order valence-corrected chi connectivity index (χ0v) is 11.5. The van der Waals surface area contributed by atoms with Gasteiger partial charge in [-0.05, 0) is 30.0 Å². The van der Waals surface area contributed by atoms with Crippen LogP contribution in [0.2, 0.25) is 5.02 Å². The van der Waals surface area contributed by atoms with Gasteiger partial charge < -0.3 is 5.73 Å². The maximum absolute atomic E-state index is 13.3. The van der Waals surface area contributed by atoms with E-state index in [4.69, 9.17) is 17.3 Å². The van der Waals surface area contributed by atoms with E-state index in [0.29, 0.717) is 18.0 Å². The number of hydrogen-bond acceptors (Lipinski definition) is 2. The number of benzene rings is 1. The van der Waals surface area contributed by atoms with E-state index in [9.17, 15) is 9.18 Å². The molecule has 1 aromatic rings. The molecular formula is C14H19ClFNO. The Morgan fingerprint density at radius 2 is 2.11 bits per heavy atom. The molecule has 0 amide bonds. The first-order chi connectivity index (χ1) is 8.43. The lowest BCUT2D eigenvalue weighted by Gasteiger charge is -2.15. The van der Waals surface area contributed by atoms with Gasteiger partial charge >= 0.3 is 0 Å². The van der Waals surface area contributed by atoms with Crippen LogP contribution < -0.4 is 5.73 Å². The Balaban J connectivity index is 2.70. The largest absolute Gasteiger partial charge is 0.330 e. The minimum atomic E-state index is -0.491. The monoisotopic (exact) mass is 271 g/mol. The zero-order chi connectivity index (χ0) is 13.7. The Morgan fingerprint density at radius 3 is 2.61 bits per heavy atom. The number of carbonyl (C=O) groups excluding carboxylic acids is 1. The molecule has 1 atom stereocenters. The lowest BCUT2D eigenvalue weighted by atomic mass is 9.90. The zero-order valence-electron chi connectivity index (χ0n) is 10.7. The molecular weight excluding hydrogens is 253 g/mol. The lowest BCUT2D eigenvalue weighted by Crippen LogP contribution is -2.26. The van der Waals surface area contributed by atoms with Crippen LogP contribution in [0.1, 0.15) is 25.8 Å². The van der Waals surface area contributed by atoms with Crippen LogP contribution in [0.3, 0.4) is 0 Å². The van der Waals surface area contributed by atoms with Gasteiger partial charge in [-0.15, -0.1) is 0 Å². The van der Waals surface area contributed by atoms with E-state index in [2.05, 4.69) is 13.8 Å². The maximum Gasteiger partial charge on any atom is 0.142 e. The van der Waals surface area contributed by atoms with Crippen LogP contribution >= 0.6 is 11.6 Å². The number of carbonyl (C=O) groups is 1. The van der Waals surface area contributed by atoms with Crippen molar-refractivity contribution < 1.29 is 9.18 Å². The molecule has 0 heterocycles. The van der Waals surface area contributed by atoms with E-state index >= 15 is 0 Å². The highest BCUT2D eigenvalue weighted by atomic mass is 35.5. The first kappa shape index (κ1) is 15.1. The summed E-state index contributed by atoms with van der Waals surface area (Å²) < 4.78 is 13.3. The average molecular weight is 272 g/mol. The van der Waals surface area contributed by atoms with Gasteiger partial charge in [0.1, 0.15) is 11.6 Å². The Morgan fingerprint density at radius 1 is 1.44 bits per heavy atom. The van der Waals surface area contributed by atoms with Crippen LogP contribution in [0.15, 0.2) is 18.2 Å². The predicted octanol–water partition coefficient (Wildman–Crippen LogP) is 3.21. The number of ketones is 1. The molecule has 4 heteroatoms. The van der Waals surface area contributed by atoms with Gasteiger partial charge in [0.2, 0.25) is 0 Å². The highest BCUT2D eigenvalue weighted by Crippen LogP contribution is 2.18. The Labute approximate surface area is 112 Å². The van der Waals surface area contributed by atoms with E-state index in [0.717, 1.165) is 6.42 Å². The summed E-state index contributed by atoms with van der Waals surface area (Å²) in [6, 6.07) is 4.45. The molecule has 1 unspecified atom stereocenters. The quantitative estimate of drug-likeness (QED) is 0.863. The topological polar surface area (TPSA) is 43.1 Å². The van der Waals surface area contributed by atoms with Crippen LogP contribution in [0.5, 0.6) is 0 Å². The summed E-state index contributed by atoms with van der Waals surface area (Å²) in [5.41, 5.74) is 6.26. The molecule has 18 heavy (non-hydrogen) atoms. The minimum absolute atomic E-state index is 0.0629. The van der Waals surface area contributed by atoms with Gasteiger partial charge in [-0.1, -0.05) is 31.5 Å². The third kappa shape index (κ3) is 4.39. The average Bonchev–Trinajstić information content (AvgIpc) is 2.30. The van der Waals surface area contributed by atoms with E-state index < -0.39 is 5.82 Å². The maximum atomic E-state index is 13.3. The molecule has 0 saturated heterocycles. The van der Waals surface area contributed by atoms with Gasteiger partial charge in [0.25, 0.3) is 0 Å². The molecule has 0 aliphatic heterocycles. The fourth-order valence-corrected chi connectivity index (χ4v) is 2.04. The van der Waals surface area contributed by atoms with E-state index in [1.165, 1.54) is 12.1 Å². The van der Waals surface area contributed by atoms with Gasteiger partial charge in [0.05, 0.1) is 5.02 Å². The molecule has 0 saturated carbocycles. The smallest absolute Gasteiger partial charge is 0.142 e. The first-order valence-corrected chi connectivity index (χ1v) is 6.48. The van der Waals surface area contributed by atoms with Crippen LogP contribution in [-0.2, 0) is 11.2 Å². The second-order valence-corrected chi connectivity index (χ2v) is 5.36. The van der Waals surface area contributed by atoms with E-state index in [1.54, 1.807) is 6.07 Å². The van der Waals surface area contributed by atoms with Gasteiger partial charge in [-0.2, -0.15) is 0 Å². The molecule has 1 rings (SSSR count). The number of nitrogens with two attached hydrogens (primary N) is 1. The first-order valence-electron chi connectivity index (χ1n) is 6.10. The van der Waals surface area contributed by atoms with Crippen molar-refractivity contribution in [3.63, 3.8) is 0 Å². The molecule has 1 aromatic carbocycles. The number of hydrogen-bond donors (Lipinski definition) is 1. The Bertz CT molecular complexity index is 420. The van der Waals surface area contributed by atoms with Crippen LogP contribution in [0.25, 0.3) is 0 Å². The molecule has 2 nitrogen and oxygen atoms in total. The van der Waals surface area contributed by atoms with Crippen molar-refractivity contribution in [2.45, 2.75) is 26.7 Å². The summed E-state index contributed by atoms with van der Waals surface area (Å²) >= 11 is 5.60. The fraction of sp³-hybridized carbons (Fsp3) is 0.500. The third-order valence-electron chi connectivity index (χ3n) is 2.86. The summed E-state index contributed by atoms with van der Waals surface area (Å²) in [4.78, 5) is 12.0. The van der Waals surface area contributed by atoms with Crippen LogP contribution in [-0.4, -0.2) is 12.3 Å². The standard InChI is InChI=1S/C14H19ClFNO/c1-9(2)5-11(8-17)14(18)7-10-3-4-12(15)13(16)6-10/h3-4,6,9,11H,5,7-8,17H2,1-2H3. The van der Waals surface area contributed by atoms with Crippen LogP contribution in [0.4, 0.5) is 4.39 Å². The number of halogens is 2. The predicted molar refractivity (Wildman–Crippen MR) is 72.1 cm³/mol. The Kier molecular flexibility index (Phi) is 5.76. The molecule has 0 aromatic heterocycles. The Hall–Kier alpha value is -0.930. The molecule has 2 N–H and O–H groups in total. The molecule has 0 fully saturated rings. The van der Waals surface area contributed by atoms with Crippen molar-refractivity contribution in [2.75, 3.05) is 6.54 Å². The van der Waals surface area contributed by atoms with Gasteiger partial charge in [-0.25, -0.2) is 4.39 Å².